The predicted molar refractivity (Wildman–Crippen MR) is 85.1 cm³/mol. The van der Waals surface area contributed by atoms with Gasteiger partial charge in [0.1, 0.15) is 0 Å². The maximum absolute atomic E-state index is 11.9. The van der Waals surface area contributed by atoms with Gasteiger partial charge in [-0.2, -0.15) is 0 Å². The van der Waals surface area contributed by atoms with Crippen LogP contribution in [0.25, 0.3) is 0 Å². The van der Waals surface area contributed by atoms with Crippen LogP contribution in [0.4, 0.5) is 5.69 Å². The Hall–Kier alpha value is -2.44. The molecule has 0 aromatic heterocycles. The third-order valence-electron chi connectivity index (χ3n) is 3.31. The Bertz CT molecular complexity index is 532. The van der Waals surface area contributed by atoms with Gasteiger partial charge in [-0.1, -0.05) is 13.8 Å². The Morgan fingerprint density at radius 1 is 1.09 bits per heavy atom. The zero-order valence-corrected chi connectivity index (χ0v) is 14.1. The monoisotopic (exact) mass is 325 g/mol. The van der Waals surface area contributed by atoms with Gasteiger partial charge < -0.3 is 24.3 Å². The average molecular weight is 325 g/mol. The van der Waals surface area contributed by atoms with Crippen molar-refractivity contribution in [2.45, 2.75) is 20.3 Å². The van der Waals surface area contributed by atoms with E-state index in [2.05, 4.69) is 5.32 Å². The van der Waals surface area contributed by atoms with Crippen molar-refractivity contribution < 1.29 is 28.5 Å². The van der Waals surface area contributed by atoms with Crippen molar-refractivity contribution in [1.29, 1.82) is 0 Å². The number of rotatable bonds is 8. The molecule has 0 aliphatic carbocycles. The zero-order chi connectivity index (χ0) is 17.4. The van der Waals surface area contributed by atoms with Gasteiger partial charge in [-0.25, -0.2) is 0 Å². The molecule has 128 valence electrons. The molecule has 7 heteroatoms. The molecular formula is C16H23NO6. The lowest BCUT2D eigenvalue weighted by molar-refractivity contribution is -0.151. The number of carbonyl (C=O) groups excluding carboxylic acids is 2. The molecule has 0 bridgehead atoms. The highest BCUT2D eigenvalue weighted by molar-refractivity contribution is 5.93. The third kappa shape index (κ3) is 5.05. The predicted octanol–water partition coefficient (Wildman–Crippen LogP) is 2.24. The van der Waals surface area contributed by atoms with E-state index >= 15 is 0 Å². The van der Waals surface area contributed by atoms with Crippen molar-refractivity contribution in [3.8, 4) is 17.2 Å². The van der Waals surface area contributed by atoms with Gasteiger partial charge >= 0.3 is 5.97 Å². The summed E-state index contributed by atoms with van der Waals surface area (Å²) >= 11 is 0. The van der Waals surface area contributed by atoms with Gasteiger partial charge in [0.15, 0.2) is 18.1 Å². The molecule has 0 saturated carbocycles. The van der Waals surface area contributed by atoms with Crippen molar-refractivity contribution >= 4 is 17.6 Å². The second kappa shape index (κ2) is 8.87. The molecule has 1 amide bonds. The molecule has 1 N–H and O–H groups in total. The molecule has 0 spiro atoms. The summed E-state index contributed by atoms with van der Waals surface area (Å²) in [5, 5.41) is 2.62. The Kier molecular flexibility index (Phi) is 7.18. The maximum atomic E-state index is 11.9. The average Bonchev–Trinajstić information content (AvgIpc) is 2.57. The first-order chi connectivity index (χ1) is 11.0. The second-order valence-electron chi connectivity index (χ2n) is 4.88. The molecule has 1 atom stereocenters. The summed E-state index contributed by atoms with van der Waals surface area (Å²) in [4.78, 5) is 23.4. The summed E-state index contributed by atoms with van der Waals surface area (Å²) in [5.41, 5.74) is 0.448. The van der Waals surface area contributed by atoms with Crippen LogP contribution in [0.1, 0.15) is 20.3 Å². The van der Waals surface area contributed by atoms with E-state index in [0.29, 0.717) is 29.4 Å². The van der Waals surface area contributed by atoms with Crippen molar-refractivity contribution in [2.24, 2.45) is 5.92 Å². The van der Waals surface area contributed by atoms with E-state index in [4.69, 9.17) is 18.9 Å². The molecule has 0 saturated heterocycles. The Labute approximate surface area is 135 Å². The lowest BCUT2D eigenvalue weighted by Gasteiger charge is -2.15. The highest BCUT2D eigenvalue weighted by Gasteiger charge is 2.16. The quantitative estimate of drug-likeness (QED) is 0.738. The first-order valence-electron chi connectivity index (χ1n) is 7.23. The maximum Gasteiger partial charge on any atom is 0.309 e. The number of methoxy groups -OCH3 is 3. The van der Waals surface area contributed by atoms with Crippen LogP contribution >= 0.6 is 0 Å². The summed E-state index contributed by atoms with van der Waals surface area (Å²) in [6.07, 6.45) is 0.660. The lowest BCUT2D eigenvalue weighted by atomic mass is 10.1. The van der Waals surface area contributed by atoms with Crippen molar-refractivity contribution in [3.63, 3.8) is 0 Å². The molecule has 0 heterocycles. The van der Waals surface area contributed by atoms with Gasteiger partial charge in [-0.15, -0.1) is 0 Å². The fourth-order valence-electron chi connectivity index (χ4n) is 1.80. The minimum Gasteiger partial charge on any atom is -0.493 e. The molecule has 1 unspecified atom stereocenters. The molecule has 0 radical (unpaired) electrons. The van der Waals surface area contributed by atoms with E-state index in [1.165, 1.54) is 21.3 Å². The van der Waals surface area contributed by atoms with Gasteiger partial charge in [0, 0.05) is 17.8 Å². The minimum absolute atomic E-state index is 0.232. The smallest absolute Gasteiger partial charge is 0.309 e. The molecular weight excluding hydrogens is 302 g/mol. The number of esters is 1. The van der Waals surface area contributed by atoms with Crippen LogP contribution in [0.2, 0.25) is 0 Å². The van der Waals surface area contributed by atoms with Crippen LogP contribution in [-0.4, -0.2) is 39.8 Å². The highest BCUT2D eigenvalue weighted by Crippen LogP contribution is 2.39. The van der Waals surface area contributed by atoms with Crippen molar-refractivity contribution in [3.05, 3.63) is 12.1 Å². The van der Waals surface area contributed by atoms with E-state index in [0.717, 1.165) is 0 Å². The summed E-state index contributed by atoms with van der Waals surface area (Å²) in [6, 6.07) is 3.19. The van der Waals surface area contributed by atoms with Crippen LogP contribution in [0.5, 0.6) is 17.2 Å². The molecule has 0 fully saturated rings. The van der Waals surface area contributed by atoms with E-state index in [9.17, 15) is 9.59 Å². The normalized spacial score (nSPS) is 11.3. The van der Waals surface area contributed by atoms with Crippen LogP contribution in [0.3, 0.4) is 0 Å². The summed E-state index contributed by atoms with van der Waals surface area (Å²) in [7, 11) is 4.46. The molecule has 1 aromatic carbocycles. The first kappa shape index (κ1) is 18.6. The molecule has 23 heavy (non-hydrogen) atoms. The zero-order valence-electron chi connectivity index (χ0n) is 14.1. The molecule has 1 aromatic rings. The molecule has 0 aliphatic rings. The highest BCUT2D eigenvalue weighted by atomic mass is 16.5. The topological polar surface area (TPSA) is 83.1 Å². The summed E-state index contributed by atoms with van der Waals surface area (Å²) in [6.45, 7) is 3.28. The van der Waals surface area contributed by atoms with Crippen LogP contribution < -0.4 is 19.5 Å². The number of ether oxygens (including phenoxy) is 4. The number of nitrogens with one attached hydrogen (secondary N) is 1. The fraction of sp³-hybridized carbons (Fsp3) is 0.500. The number of anilines is 1. The fourth-order valence-corrected chi connectivity index (χ4v) is 1.80. The number of benzene rings is 1. The van der Waals surface area contributed by atoms with Crippen LogP contribution in [0.15, 0.2) is 12.1 Å². The van der Waals surface area contributed by atoms with E-state index in [1.54, 1.807) is 19.1 Å². The Morgan fingerprint density at radius 3 is 2.09 bits per heavy atom. The van der Waals surface area contributed by atoms with Crippen LogP contribution in [0, 0.1) is 5.92 Å². The summed E-state index contributed by atoms with van der Waals surface area (Å²) < 4.78 is 20.6. The van der Waals surface area contributed by atoms with Gasteiger partial charge in [0.05, 0.1) is 27.2 Å². The number of hydrogen-bond donors (Lipinski definition) is 1. The standard InChI is InChI=1S/C16H23NO6/c1-6-10(2)16(19)23-9-14(18)17-11-7-12(20-3)15(22-5)13(8-11)21-4/h7-8,10H,6,9H2,1-5H3,(H,17,18). The largest absolute Gasteiger partial charge is 0.493 e. The molecule has 1 rings (SSSR count). The molecule has 0 aliphatic heterocycles. The Balaban J connectivity index is 2.76. The van der Waals surface area contributed by atoms with Gasteiger partial charge in [-0.05, 0) is 6.42 Å². The lowest BCUT2D eigenvalue weighted by Crippen LogP contribution is -2.23. The third-order valence-corrected chi connectivity index (χ3v) is 3.31. The van der Waals surface area contributed by atoms with Crippen LogP contribution in [-0.2, 0) is 14.3 Å². The number of carbonyl (C=O) groups is 2. The van der Waals surface area contributed by atoms with Gasteiger partial charge in [0.2, 0.25) is 5.75 Å². The second-order valence-corrected chi connectivity index (χ2v) is 4.88. The number of amides is 1. The van der Waals surface area contributed by atoms with Crippen molar-refractivity contribution in [2.75, 3.05) is 33.3 Å². The van der Waals surface area contributed by atoms with Gasteiger partial charge in [0.25, 0.3) is 5.91 Å². The minimum atomic E-state index is -0.448. The van der Waals surface area contributed by atoms with E-state index in [-0.39, 0.29) is 12.5 Å². The van der Waals surface area contributed by atoms with Crippen molar-refractivity contribution in [1.82, 2.24) is 0 Å². The van der Waals surface area contributed by atoms with E-state index < -0.39 is 11.9 Å². The number of hydrogen-bond acceptors (Lipinski definition) is 6. The van der Waals surface area contributed by atoms with E-state index in [1.807, 2.05) is 6.92 Å². The first-order valence-corrected chi connectivity index (χ1v) is 7.23. The summed E-state index contributed by atoms with van der Waals surface area (Å²) in [5.74, 6) is 0.182. The SMILES string of the molecule is CCC(C)C(=O)OCC(=O)Nc1cc(OC)c(OC)c(OC)c1. The molecule has 7 nitrogen and oxygen atoms in total. The Morgan fingerprint density at radius 2 is 1.65 bits per heavy atom. The van der Waals surface area contributed by atoms with Gasteiger partial charge in [-0.3, -0.25) is 9.59 Å².